The van der Waals surface area contributed by atoms with Crippen molar-refractivity contribution in [2.45, 2.75) is 19.3 Å². The summed E-state index contributed by atoms with van der Waals surface area (Å²) in [6.45, 7) is 3.43. The van der Waals surface area contributed by atoms with E-state index in [1.54, 1.807) is 11.3 Å². The number of thiol groups is 1. The van der Waals surface area contributed by atoms with Gasteiger partial charge >= 0.3 is 0 Å². The third kappa shape index (κ3) is 2.89. The summed E-state index contributed by atoms with van der Waals surface area (Å²) in [5.74, 6) is 1.16. The van der Waals surface area contributed by atoms with Crippen molar-refractivity contribution >= 4 is 35.0 Å². The minimum absolute atomic E-state index is 0.229. The predicted molar refractivity (Wildman–Crippen MR) is 81.0 cm³/mol. The first kappa shape index (κ1) is 13.2. The molecule has 1 aliphatic heterocycles. The van der Waals surface area contributed by atoms with Crippen molar-refractivity contribution in [3.05, 3.63) is 11.6 Å². The largest absolute Gasteiger partial charge is 0.345 e. The number of hydrogen-bond donors (Lipinski definition) is 1. The number of amides is 1. The average Bonchev–Trinajstić information content (AvgIpc) is 3.01. The van der Waals surface area contributed by atoms with Crippen molar-refractivity contribution in [1.29, 1.82) is 0 Å². The van der Waals surface area contributed by atoms with E-state index in [2.05, 4.69) is 22.5 Å². The molecular weight excluding hydrogens is 278 g/mol. The Kier molecular flexibility index (Phi) is 3.71. The van der Waals surface area contributed by atoms with Crippen LogP contribution in [0, 0.1) is 5.41 Å². The van der Waals surface area contributed by atoms with Gasteiger partial charge in [-0.1, -0.05) is 0 Å². The molecule has 19 heavy (non-hydrogen) atoms. The molecular formula is C13H19N3OS2. The van der Waals surface area contributed by atoms with Crippen molar-refractivity contribution in [1.82, 2.24) is 9.88 Å². The van der Waals surface area contributed by atoms with E-state index in [1.807, 2.05) is 16.5 Å². The Bertz CT molecular complexity index is 437. The van der Waals surface area contributed by atoms with Gasteiger partial charge in [0.25, 0.3) is 0 Å². The van der Waals surface area contributed by atoms with Crippen LogP contribution in [0.5, 0.6) is 0 Å². The van der Waals surface area contributed by atoms with Gasteiger partial charge in [-0.2, -0.15) is 12.6 Å². The van der Waals surface area contributed by atoms with Gasteiger partial charge in [-0.3, -0.25) is 4.79 Å². The summed E-state index contributed by atoms with van der Waals surface area (Å²) in [6, 6.07) is 0. The first-order valence-electron chi connectivity index (χ1n) is 6.76. The molecule has 2 aliphatic rings. The molecule has 1 amide bonds. The van der Waals surface area contributed by atoms with E-state index in [4.69, 9.17) is 0 Å². The molecule has 2 fully saturated rings. The zero-order valence-corrected chi connectivity index (χ0v) is 12.6. The van der Waals surface area contributed by atoms with Crippen LogP contribution < -0.4 is 4.90 Å². The number of nitrogens with zero attached hydrogens (tertiary/aromatic N) is 3. The van der Waals surface area contributed by atoms with Crippen LogP contribution in [0.1, 0.15) is 19.3 Å². The molecule has 3 rings (SSSR count). The summed E-state index contributed by atoms with van der Waals surface area (Å²) in [6.07, 6.45) is 4.86. The number of carbonyl (C=O) groups excluding carboxylic acids is 1. The molecule has 104 valence electrons. The molecule has 6 heteroatoms. The topological polar surface area (TPSA) is 36.4 Å². The van der Waals surface area contributed by atoms with E-state index < -0.39 is 0 Å². The molecule has 0 spiro atoms. The maximum Gasteiger partial charge on any atom is 0.223 e. The molecule has 2 heterocycles. The lowest BCUT2D eigenvalue weighted by atomic mass is 10.0. The molecule has 1 saturated carbocycles. The smallest absolute Gasteiger partial charge is 0.223 e. The Morgan fingerprint density at radius 2 is 2.11 bits per heavy atom. The fourth-order valence-electron chi connectivity index (χ4n) is 2.52. The highest BCUT2D eigenvalue weighted by atomic mass is 32.1. The van der Waals surface area contributed by atoms with E-state index in [1.165, 1.54) is 12.8 Å². The second-order valence-electron chi connectivity index (χ2n) is 5.52. The molecule has 1 saturated heterocycles. The highest BCUT2D eigenvalue weighted by molar-refractivity contribution is 7.80. The van der Waals surface area contributed by atoms with E-state index in [0.717, 1.165) is 37.1 Å². The van der Waals surface area contributed by atoms with Crippen LogP contribution in [0.4, 0.5) is 5.13 Å². The summed E-state index contributed by atoms with van der Waals surface area (Å²) in [7, 11) is 0. The quantitative estimate of drug-likeness (QED) is 0.862. The van der Waals surface area contributed by atoms with E-state index >= 15 is 0 Å². The Balaban J connectivity index is 1.51. The molecule has 0 radical (unpaired) electrons. The first-order valence-corrected chi connectivity index (χ1v) is 8.27. The van der Waals surface area contributed by atoms with Gasteiger partial charge in [-0.15, -0.1) is 11.3 Å². The summed E-state index contributed by atoms with van der Waals surface area (Å²) in [4.78, 5) is 20.9. The number of carbonyl (C=O) groups is 1. The molecule has 4 nitrogen and oxygen atoms in total. The third-order valence-electron chi connectivity index (χ3n) is 4.14. The lowest BCUT2D eigenvalue weighted by Crippen LogP contribution is -2.49. The molecule has 1 aromatic heterocycles. The maximum absolute atomic E-state index is 12.3. The van der Waals surface area contributed by atoms with E-state index in [9.17, 15) is 4.79 Å². The number of aromatic nitrogens is 1. The standard InChI is InChI=1S/C13H19N3OS2/c17-11(9-13(10-18)1-2-13)15-4-6-16(7-5-15)12-14-3-8-19-12/h3,8,18H,1-2,4-7,9-10H2. The molecule has 0 N–H and O–H groups in total. The van der Waals surface area contributed by atoms with Gasteiger partial charge in [0.15, 0.2) is 5.13 Å². The minimum Gasteiger partial charge on any atom is -0.345 e. The SMILES string of the molecule is O=C(CC1(CS)CC1)N1CCN(c2nccs2)CC1. The molecule has 1 aromatic rings. The molecule has 0 atom stereocenters. The highest BCUT2D eigenvalue weighted by Gasteiger charge is 2.43. The van der Waals surface area contributed by atoms with Crippen LogP contribution in [-0.4, -0.2) is 47.7 Å². The Morgan fingerprint density at radius 3 is 2.63 bits per heavy atom. The van der Waals surface area contributed by atoms with Gasteiger partial charge in [-0.25, -0.2) is 4.98 Å². The van der Waals surface area contributed by atoms with Gasteiger partial charge in [0.05, 0.1) is 0 Å². The van der Waals surface area contributed by atoms with E-state index in [-0.39, 0.29) is 5.41 Å². The predicted octanol–water partition coefficient (Wildman–Crippen LogP) is 1.89. The number of thiazole rings is 1. The van der Waals surface area contributed by atoms with Crippen molar-refractivity contribution < 1.29 is 4.79 Å². The third-order valence-corrected chi connectivity index (χ3v) is 5.64. The second kappa shape index (κ2) is 5.32. The fourth-order valence-corrected chi connectivity index (χ4v) is 3.64. The fraction of sp³-hybridized carbons (Fsp3) is 0.692. The number of piperazine rings is 1. The van der Waals surface area contributed by atoms with Crippen LogP contribution in [0.15, 0.2) is 11.6 Å². The zero-order valence-electron chi connectivity index (χ0n) is 10.9. The van der Waals surface area contributed by atoms with Crippen LogP contribution >= 0.6 is 24.0 Å². The molecule has 0 bridgehead atoms. The summed E-state index contributed by atoms with van der Waals surface area (Å²) in [5.41, 5.74) is 0.229. The van der Waals surface area contributed by atoms with Crippen LogP contribution in [0.2, 0.25) is 0 Å². The normalized spacial score (nSPS) is 21.5. The van der Waals surface area contributed by atoms with Gasteiger partial charge in [-0.05, 0) is 24.0 Å². The average molecular weight is 297 g/mol. The lowest BCUT2D eigenvalue weighted by Gasteiger charge is -2.35. The Morgan fingerprint density at radius 1 is 1.37 bits per heavy atom. The summed E-state index contributed by atoms with van der Waals surface area (Å²) >= 11 is 6.04. The molecule has 0 unspecified atom stereocenters. The Hall–Kier alpha value is -0.750. The van der Waals surface area contributed by atoms with E-state index in [0.29, 0.717) is 12.3 Å². The monoisotopic (exact) mass is 297 g/mol. The van der Waals surface area contributed by atoms with Crippen LogP contribution in [0.25, 0.3) is 0 Å². The van der Waals surface area contributed by atoms with Crippen molar-refractivity contribution in [2.24, 2.45) is 5.41 Å². The van der Waals surface area contributed by atoms with Gasteiger partial charge < -0.3 is 9.80 Å². The molecule has 1 aliphatic carbocycles. The number of hydrogen-bond acceptors (Lipinski definition) is 5. The van der Waals surface area contributed by atoms with Crippen molar-refractivity contribution in [2.75, 3.05) is 36.8 Å². The van der Waals surface area contributed by atoms with Crippen LogP contribution in [-0.2, 0) is 4.79 Å². The zero-order chi connectivity index (χ0) is 13.3. The van der Waals surface area contributed by atoms with Crippen molar-refractivity contribution in [3.8, 4) is 0 Å². The number of anilines is 1. The van der Waals surface area contributed by atoms with Crippen molar-refractivity contribution in [3.63, 3.8) is 0 Å². The lowest BCUT2D eigenvalue weighted by molar-refractivity contribution is -0.132. The molecule has 0 aromatic carbocycles. The Labute approximate surface area is 123 Å². The maximum atomic E-state index is 12.3. The minimum atomic E-state index is 0.229. The van der Waals surface area contributed by atoms with Gasteiger partial charge in [0.2, 0.25) is 5.91 Å². The number of rotatable bonds is 4. The second-order valence-corrected chi connectivity index (χ2v) is 6.71. The van der Waals surface area contributed by atoms with Gasteiger partial charge in [0, 0.05) is 44.2 Å². The highest BCUT2D eigenvalue weighted by Crippen LogP contribution is 2.49. The van der Waals surface area contributed by atoms with Gasteiger partial charge in [0.1, 0.15) is 0 Å². The first-order chi connectivity index (χ1) is 9.22. The van der Waals surface area contributed by atoms with Crippen LogP contribution in [0.3, 0.4) is 0 Å². The summed E-state index contributed by atoms with van der Waals surface area (Å²) < 4.78 is 0. The summed E-state index contributed by atoms with van der Waals surface area (Å²) in [5, 5.41) is 3.07.